The minimum atomic E-state index is -4.46. The van der Waals surface area contributed by atoms with Gasteiger partial charge in [0.25, 0.3) is 0 Å². The van der Waals surface area contributed by atoms with E-state index in [0.717, 1.165) is 44.1 Å². The van der Waals surface area contributed by atoms with E-state index in [2.05, 4.69) is 35.2 Å². The quantitative estimate of drug-likeness (QED) is 0.0420. The lowest BCUT2D eigenvalue weighted by molar-refractivity contribution is -0.138. The van der Waals surface area contributed by atoms with Gasteiger partial charge in [-0.2, -0.15) is 18.3 Å². The van der Waals surface area contributed by atoms with Gasteiger partial charge in [0.15, 0.2) is 0 Å². The number of aliphatic hydroxyl groups is 1. The molecule has 0 aromatic rings. The van der Waals surface area contributed by atoms with Gasteiger partial charge in [-0.25, -0.2) is 10.6 Å². The van der Waals surface area contributed by atoms with E-state index in [4.69, 9.17) is 10.6 Å². The summed E-state index contributed by atoms with van der Waals surface area (Å²) >= 11 is 0. The minimum Gasteiger partial charge on any atom is -0.458 e. The van der Waals surface area contributed by atoms with Crippen molar-refractivity contribution in [2.45, 2.75) is 72.7 Å². The summed E-state index contributed by atoms with van der Waals surface area (Å²) in [6, 6.07) is 0. The number of rotatable bonds is 13. The normalized spacial score (nSPS) is 18.9. The summed E-state index contributed by atoms with van der Waals surface area (Å²) in [5.41, 5.74) is 0.706. The monoisotopic (exact) mass is 574 g/mol. The molecule has 230 valence electrons. The number of nitrogens with zero attached hydrogens (tertiary/aromatic N) is 2. The third-order valence-electron chi connectivity index (χ3n) is 5.26. The van der Waals surface area contributed by atoms with Gasteiger partial charge in [-0.3, -0.25) is 5.32 Å². The van der Waals surface area contributed by atoms with Crippen LogP contribution in [0.3, 0.4) is 0 Å². The van der Waals surface area contributed by atoms with E-state index in [9.17, 15) is 23.1 Å². The Hall–Kier alpha value is -2.93. The Bertz CT molecular complexity index is 868. The number of hydrogen-bond acceptors (Lipinski definition) is 9. The molecule has 1 aliphatic rings. The van der Waals surface area contributed by atoms with E-state index in [1.165, 1.54) is 19.1 Å². The van der Waals surface area contributed by atoms with Gasteiger partial charge in [-0.1, -0.05) is 45.1 Å². The molecular formula is C28H49F3N6O3. The third kappa shape index (κ3) is 19.2. The fourth-order valence-corrected chi connectivity index (χ4v) is 3.27. The first-order chi connectivity index (χ1) is 18.9. The Morgan fingerprint density at radius 3 is 2.48 bits per heavy atom. The first-order valence-electron chi connectivity index (χ1n) is 13.4. The van der Waals surface area contributed by atoms with Crippen molar-refractivity contribution in [2.24, 2.45) is 16.8 Å². The maximum atomic E-state index is 13.1. The first-order valence-corrected chi connectivity index (χ1v) is 13.4. The molecule has 7 N–H and O–H groups in total. The SMILES string of the molecule is C/C=C(\C=C/CCC(O)NCC)N(N)CCC.C=NN.CCNCCC1=C/C=C(\C)C(=O)OC\C=C\1C(F)(F)F. The number of hydrogen-bond donors (Lipinski definition) is 5. The molecule has 0 aromatic carbocycles. The Morgan fingerprint density at radius 2 is 1.95 bits per heavy atom. The van der Waals surface area contributed by atoms with Crippen molar-refractivity contribution in [2.75, 3.05) is 32.8 Å². The number of halogens is 3. The van der Waals surface area contributed by atoms with Crippen molar-refractivity contribution in [3.05, 3.63) is 58.9 Å². The van der Waals surface area contributed by atoms with Gasteiger partial charge in [0, 0.05) is 24.5 Å². The van der Waals surface area contributed by atoms with E-state index in [-0.39, 0.29) is 24.2 Å². The molecule has 0 spiro atoms. The van der Waals surface area contributed by atoms with E-state index >= 15 is 0 Å². The number of nitrogens with two attached hydrogens (primary N) is 2. The van der Waals surface area contributed by atoms with Crippen LogP contribution in [0.25, 0.3) is 0 Å². The molecular weight excluding hydrogens is 525 g/mol. The number of hydrazine groups is 1. The highest BCUT2D eigenvalue weighted by Crippen LogP contribution is 2.33. The topological polar surface area (TPSA) is 138 Å². The maximum absolute atomic E-state index is 13.1. The van der Waals surface area contributed by atoms with E-state index in [1.807, 2.05) is 39.0 Å². The highest BCUT2D eigenvalue weighted by atomic mass is 19.4. The van der Waals surface area contributed by atoms with Crippen LogP contribution in [0.15, 0.2) is 64.0 Å². The van der Waals surface area contributed by atoms with Crippen molar-refractivity contribution in [3.63, 3.8) is 0 Å². The molecule has 0 aromatic heterocycles. The Labute approximate surface area is 237 Å². The van der Waals surface area contributed by atoms with E-state index in [0.29, 0.717) is 13.1 Å². The number of alkyl halides is 3. The van der Waals surface area contributed by atoms with Crippen molar-refractivity contribution >= 4 is 12.7 Å². The lowest BCUT2D eigenvalue weighted by Gasteiger charge is -2.18. The number of hydrazone groups is 1. The summed E-state index contributed by atoms with van der Waals surface area (Å²) in [7, 11) is 0. The summed E-state index contributed by atoms with van der Waals surface area (Å²) in [4.78, 5) is 11.4. The molecule has 40 heavy (non-hydrogen) atoms. The molecule has 0 radical (unpaired) electrons. The zero-order valence-corrected chi connectivity index (χ0v) is 24.6. The largest absolute Gasteiger partial charge is 0.458 e. The number of esters is 1. The summed E-state index contributed by atoms with van der Waals surface area (Å²) in [6.07, 6.45) is 7.63. The molecule has 9 nitrogen and oxygen atoms in total. The van der Waals surface area contributed by atoms with Gasteiger partial charge in [-0.05, 0) is 76.9 Å². The van der Waals surface area contributed by atoms with Gasteiger partial charge in [0.05, 0.1) is 5.57 Å². The molecule has 1 unspecified atom stereocenters. The van der Waals surface area contributed by atoms with Crippen molar-refractivity contribution in [3.8, 4) is 0 Å². The minimum absolute atomic E-state index is 0.149. The predicted molar refractivity (Wildman–Crippen MR) is 157 cm³/mol. The predicted octanol–water partition coefficient (Wildman–Crippen LogP) is 4.21. The molecule has 0 amide bonds. The van der Waals surface area contributed by atoms with Crippen LogP contribution in [0, 0.1) is 0 Å². The van der Waals surface area contributed by atoms with E-state index < -0.39 is 23.9 Å². The summed E-state index contributed by atoms with van der Waals surface area (Å²) < 4.78 is 43.9. The molecule has 0 saturated heterocycles. The van der Waals surface area contributed by atoms with Crippen LogP contribution in [0.1, 0.15) is 60.3 Å². The smallest absolute Gasteiger partial charge is 0.416 e. The lowest BCUT2D eigenvalue weighted by Crippen LogP contribution is -2.30. The number of aliphatic hydroxyl groups excluding tert-OH is 1. The van der Waals surface area contributed by atoms with Crippen LogP contribution in [-0.2, 0) is 9.53 Å². The van der Waals surface area contributed by atoms with Gasteiger partial charge < -0.3 is 26.0 Å². The second-order valence-corrected chi connectivity index (χ2v) is 8.50. The Kier molecular flexibility index (Phi) is 23.4. The number of carbonyl (C=O) groups excluding carboxylic acids is 1. The molecule has 0 saturated carbocycles. The zero-order chi connectivity index (χ0) is 31.0. The lowest BCUT2D eigenvalue weighted by atomic mass is 10.0. The molecule has 1 atom stereocenters. The van der Waals surface area contributed by atoms with Crippen molar-refractivity contribution < 1.29 is 27.8 Å². The highest BCUT2D eigenvalue weighted by molar-refractivity contribution is 5.88. The van der Waals surface area contributed by atoms with Crippen LogP contribution in [-0.4, -0.2) is 68.0 Å². The second-order valence-electron chi connectivity index (χ2n) is 8.50. The van der Waals surface area contributed by atoms with Gasteiger partial charge in [-0.15, -0.1) is 0 Å². The fraction of sp³-hybridized carbons (Fsp3) is 0.571. The number of ether oxygens (including phenoxy) is 1. The molecule has 0 bridgehead atoms. The van der Waals surface area contributed by atoms with Crippen LogP contribution >= 0.6 is 0 Å². The second kappa shape index (κ2) is 23.9. The molecule has 12 heteroatoms. The number of cyclic esters (lactones) is 1. The summed E-state index contributed by atoms with van der Waals surface area (Å²) in [5.74, 6) is 9.64. The van der Waals surface area contributed by atoms with Crippen LogP contribution < -0.4 is 22.3 Å². The number of allylic oxidation sites excluding steroid dienone is 6. The van der Waals surface area contributed by atoms with Crippen LogP contribution in [0.2, 0.25) is 0 Å². The average Bonchev–Trinajstić information content (AvgIpc) is 2.95. The Morgan fingerprint density at radius 1 is 1.30 bits per heavy atom. The van der Waals surface area contributed by atoms with Crippen molar-refractivity contribution in [1.82, 2.24) is 15.6 Å². The molecule has 1 aliphatic heterocycles. The van der Waals surface area contributed by atoms with Gasteiger partial charge in [0.1, 0.15) is 12.8 Å². The highest BCUT2D eigenvalue weighted by Gasteiger charge is 2.35. The Balaban J connectivity index is 0. The van der Waals surface area contributed by atoms with E-state index in [1.54, 1.807) is 5.01 Å². The zero-order valence-electron chi connectivity index (χ0n) is 24.6. The molecule has 0 fully saturated rings. The summed E-state index contributed by atoms with van der Waals surface area (Å²) in [5, 5.41) is 19.9. The maximum Gasteiger partial charge on any atom is 0.416 e. The van der Waals surface area contributed by atoms with Gasteiger partial charge in [0.2, 0.25) is 0 Å². The molecule has 1 heterocycles. The third-order valence-corrected chi connectivity index (χ3v) is 5.26. The first kappa shape index (κ1) is 39.2. The molecule has 0 aliphatic carbocycles. The van der Waals surface area contributed by atoms with Gasteiger partial charge >= 0.3 is 12.1 Å². The number of carbonyl (C=O) groups is 1. The van der Waals surface area contributed by atoms with Crippen LogP contribution in [0.4, 0.5) is 13.2 Å². The molecule has 1 rings (SSSR count). The van der Waals surface area contributed by atoms with Crippen LogP contribution in [0.5, 0.6) is 0 Å². The average molecular weight is 575 g/mol. The summed E-state index contributed by atoms with van der Waals surface area (Å²) in [6.45, 7) is 14.7. The standard InChI is InChI=1S/C14H18F3NO2.C13H27N3O.CH4N2/c1-3-18-8-6-11-5-4-10(2)13(19)20-9-7-12(11)14(15,16)17;1-4-11-16(14)12(5-2)9-7-8-10-13(17)15-6-3;1-3-2/h4-5,7,18H,3,6,8-9H2,1-2H3;5,7,9,13,15,17H,4,6,8,10-11,14H2,1-3H3;1-2H2/b10-4+,11-5-,12-7-;9-7-,12-5+;. The number of nitrogens with one attached hydrogen (secondary N) is 2. The van der Waals surface area contributed by atoms with Crippen molar-refractivity contribution in [1.29, 1.82) is 0 Å². The fourth-order valence-electron chi connectivity index (χ4n) is 3.27.